The highest BCUT2D eigenvalue weighted by Gasteiger charge is 2.11. The highest BCUT2D eigenvalue weighted by atomic mass is 15.1. The summed E-state index contributed by atoms with van der Waals surface area (Å²) in [5.41, 5.74) is 8.05. The molecule has 96 valence electrons. The van der Waals surface area contributed by atoms with Crippen molar-refractivity contribution in [2.75, 3.05) is 13.1 Å². The van der Waals surface area contributed by atoms with Crippen LogP contribution in [0.3, 0.4) is 0 Å². The van der Waals surface area contributed by atoms with Gasteiger partial charge in [0.1, 0.15) is 0 Å². The van der Waals surface area contributed by atoms with Crippen LogP contribution in [0.5, 0.6) is 0 Å². The summed E-state index contributed by atoms with van der Waals surface area (Å²) in [7, 11) is 0. The SMILES string of the molecule is CC(C)N(CCN)Cc1cccc2cccnc12. The molecule has 0 amide bonds. The number of fused-ring (bicyclic) bond motifs is 1. The fraction of sp³-hybridized carbons (Fsp3) is 0.400. The van der Waals surface area contributed by atoms with E-state index in [-0.39, 0.29) is 0 Å². The summed E-state index contributed by atoms with van der Waals surface area (Å²) in [6, 6.07) is 10.9. The third-order valence-corrected chi connectivity index (χ3v) is 3.24. The zero-order valence-electron chi connectivity index (χ0n) is 11.1. The fourth-order valence-electron chi connectivity index (χ4n) is 2.20. The van der Waals surface area contributed by atoms with E-state index in [1.54, 1.807) is 0 Å². The van der Waals surface area contributed by atoms with Crippen LogP contribution in [0.25, 0.3) is 10.9 Å². The number of pyridine rings is 1. The van der Waals surface area contributed by atoms with E-state index in [1.807, 2.05) is 12.3 Å². The van der Waals surface area contributed by atoms with E-state index in [1.165, 1.54) is 10.9 Å². The topological polar surface area (TPSA) is 42.1 Å². The van der Waals surface area contributed by atoms with E-state index in [2.05, 4.69) is 48.0 Å². The van der Waals surface area contributed by atoms with Crippen molar-refractivity contribution in [3.63, 3.8) is 0 Å². The Morgan fingerprint density at radius 1 is 1.22 bits per heavy atom. The van der Waals surface area contributed by atoms with Gasteiger partial charge < -0.3 is 5.73 Å². The van der Waals surface area contributed by atoms with Gasteiger partial charge in [-0.25, -0.2) is 0 Å². The van der Waals surface area contributed by atoms with Crippen LogP contribution in [0.4, 0.5) is 0 Å². The van der Waals surface area contributed by atoms with Gasteiger partial charge in [-0.3, -0.25) is 9.88 Å². The van der Waals surface area contributed by atoms with Crippen LogP contribution in [-0.4, -0.2) is 29.0 Å². The standard InChI is InChI=1S/C15H21N3/c1-12(2)18(10-8-16)11-14-6-3-5-13-7-4-9-17-15(13)14/h3-7,9,12H,8,10-11,16H2,1-2H3. The lowest BCUT2D eigenvalue weighted by Gasteiger charge is -2.26. The van der Waals surface area contributed by atoms with Crippen LogP contribution in [0.2, 0.25) is 0 Å². The average molecular weight is 243 g/mol. The Hall–Kier alpha value is -1.45. The third kappa shape index (κ3) is 2.86. The fourth-order valence-corrected chi connectivity index (χ4v) is 2.20. The van der Waals surface area contributed by atoms with Crippen LogP contribution >= 0.6 is 0 Å². The molecule has 2 N–H and O–H groups in total. The number of para-hydroxylation sites is 1. The van der Waals surface area contributed by atoms with Crippen LogP contribution in [-0.2, 0) is 6.54 Å². The molecule has 3 nitrogen and oxygen atoms in total. The molecule has 0 saturated carbocycles. The van der Waals surface area contributed by atoms with Crippen molar-refractivity contribution in [1.29, 1.82) is 0 Å². The minimum atomic E-state index is 0.493. The highest BCUT2D eigenvalue weighted by Crippen LogP contribution is 2.18. The van der Waals surface area contributed by atoms with Crippen LogP contribution in [0, 0.1) is 0 Å². The second-order valence-corrected chi connectivity index (χ2v) is 4.85. The van der Waals surface area contributed by atoms with E-state index < -0.39 is 0 Å². The van der Waals surface area contributed by atoms with Gasteiger partial charge >= 0.3 is 0 Å². The van der Waals surface area contributed by atoms with Gasteiger partial charge in [-0.05, 0) is 25.5 Å². The van der Waals surface area contributed by atoms with Crippen molar-refractivity contribution in [1.82, 2.24) is 9.88 Å². The predicted octanol–water partition coefficient (Wildman–Crippen LogP) is 2.40. The van der Waals surface area contributed by atoms with E-state index >= 15 is 0 Å². The molecule has 3 heteroatoms. The maximum absolute atomic E-state index is 5.68. The Labute approximate surface area is 109 Å². The first-order chi connectivity index (χ1) is 8.72. The second-order valence-electron chi connectivity index (χ2n) is 4.85. The first-order valence-electron chi connectivity index (χ1n) is 6.49. The molecule has 1 heterocycles. The average Bonchev–Trinajstić information content (AvgIpc) is 2.38. The minimum Gasteiger partial charge on any atom is -0.329 e. The Morgan fingerprint density at radius 2 is 2.00 bits per heavy atom. The largest absolute Gasteiger partial charge is 0.329 e. The predicted molar refractivity (Wildman–Crippen MR) is 76.3 cm³/mol. The molecule has 0 atom stereocenters. The van der Waals surface area contributed by atoms with E-state index in [4.69, 9.17) is 5.73 Å². The van der Waals surface area contributed by atoms with Crippen LogP contribution in [0.15, 0.2) is 36.5 Å². The number of nitrogens with two attached hydrogens (primary N) is 1. The number of aromatic nitrogens is 1. The van der Waals surface area contributed by atoms with Crippen molar-refractivity contribution in [2.24, 2.45) is 5.73 Å². The molecule has 0 fully saturated rings. The van der Waals surface area contributed by atoms with Crippen molar-refractivity contribution in [3.05, 3.63) is 42.1 Å². The molecule has 0 aliphatic carbocycles. The molecule has 1 aromatic heterocycles. The summed E-state index contributed by atoms with van der Waals surface area (Å²) in [5.74, 6) is 0. The van der Waals surface area contributed by atoms with Gasteiger partial charge in [-0.2, -0.15) is 0 Å². The smallest absolute Gasteiger partial charge is 0.0746 e. The zero-order chi connectivity index (χ0) is 13.0. The molecule has 0 saturated heterocycles. The van der Waals surface area contributed by atoms with Gasteiger partial charge in [-0.15, -0.1) is 0 Å². The summed E-state index contributed by atoms with van der Waals surface area (Å²) in [4.78, 5) is 6.87. The van der Waals surface area contributed by atoms with Gasteiger partial charge in [0.15, 0.2) is 0 Å². The minimum absolute atomic E-state index is 0.493. The van der Waals surface area contributed by atoms with E-state index in [9.17, 15) is 0 Å². The number of hydrogen-bond acceptors (Lipinski definition) is 3. The molecule has 0 aliphatic rings. The second kappa shape index (κ2) is 5.94. The Balaban J connectivity index is 2.30. The lowest BCUT2D eigenvalue weighted by atomic mass is 10.1. The highest BCUT2D eigenvalue weighted by molar-refractivity contribution is 5.81. The molecule has 18 heavy (non-hydrogen) atoms. The number of nitrogens with zero attached hydrogens (tertiary/aromatic N) is 2. The maximum atomic E-state index is 5.68. The lowest BCUT2D eigenvalue weighted by molar-refractivity contribution is 0.220. The van der Waals surface area contributed by atoms with Crippen molar-refractivity contribution in [3.8, 4) is 0 Å². The number of rotatable bonds is 5. The molecule has 0 radical (unpaired) electrons. The molecule has 2 rings (SSSR count). The van der Waals surface area contributed by atoms with E-state index in [0.29, 0.717) is 12.6 Å². The Morgan fingerprint density at radius 3 is 2.72 bits per heavy atom. The van der Waals surface area contributed by atoms with E-state index in [0.717, 1.165) is 18.6 Å². The van der Waals surface area contributed by atoms with Crippen molar-refractivity contribution < 1.29 is 0 Å². The van der Waals surface area contributed by atoms with Crippen LogP contribution in [0.1, 0.15) is 19.4 Å². The lowest BCUT2D eigenvalue weighted by Crippen LogP contribution is -2.34. The van der Waals surface area contributed by atoms with Crippen LogP contribution < -0.4 is 5.73 Å². The van der Waals surface area contributed by atoms with Crippen molar-refractivity contribution >= 4 is 10.9 Å². The first kappa shape index (κ1) is 13.0. The molecule has 0 bridgehead atoms. The molecule has 0 aliphatic heterocycles. The number of benzene rings is 1. The summed E-state index contributed by atoms with van der Waals surface area (Å²) in [5, 5.41) is 1.20. The molecule has 1 aromatic carbocycles. The molecular weight excluding hydrogens is 222 g/mol. The maximum Gasteiger partial charge on any atom is 0.0746 e. The van der Waals surface area contributed by atoms with Crippen molar-refractivity contribution in [2.45, 2.75) is 26.4 Å². The Bertz CT molecular complexity index is 503. The summed E-state index contributed by atoms with van der Waals surface area (Å²) in [6.45, 7) is 6.92. The molecule has 0 unspecified atom stereocenters. The quantitative estimate of drug-likeness (QED) is 0.877. The summed E-state index contributed by atoms with van der Waals surface area (Å²) in [6.07, 6.45) is 1.86. The number of hydrogen-bond donors (Lipinski definition) is 1. The summed E-state index contributed by atoms with van der Waals surface area (Å²) >= 11 is 0. The molecule has 2 aromatic rings. The van der Waals surface area contributed by atoms with Gasteiger partial charge in [-0.1, -0.05) is 24.3 Å². The first-order valence-corrected chi connectivity index (χ1v) is 6.49. The Kier molecular flexibility index (Phi) is 4.28. The summed E-state index contributed by atoms with van der Waals surface area (Å²) < 4.78 is 0. The monoisotopic (exact) mass is 243 g/mol. The third-order valence-electron chi connectivity index (χ3n) is 3.24. The normalized spacial score (nSPS) is 11.6. The van der Waals surface area contributed by atoms with Gasteiger partial charge in [0.05, 0.1) is 5.52 Å². The molecular formula is C15H21N3. The van der Waals surface area contributed by atoms with Gasteiger partial charge in [0.2, 0.25) is 0 Å². The van der Waals surface area contributed by atoms with Gasteiger partial charge in [0.25, 0.3) is 0 Å². The molecule has 0 spiro atoms. The zero-order valence-corrected chi connectivity index (χ0v) is 11.1. The van der Waals surface area contributed by atoms with Gasteiger partial charge in [0, 0.05) is 37.3 Å².